The van der Waals surface area contributed by atoms with Crippen LogP contribution < -0.4 is 9.64 Å². The summed E-state index contributed by atoms with van der Waals surface area (Å²) in [6.45, 7) is 6.56. The van der Waals surface area contributed by atoms with Crippen molar-refractivity contribution < 1.29 is 4.74 Å². The van der Waals surface area contributed by atoms with E-state index in [4.69, 9.17) is 4.74 Å². The van der Waals surface area contributed by atoms with Gasteiger partial charge >= 0.3 is 0 Å². The monoisotopic (exact) mass is 275 g/mol. The van der Waals surface area contributed by atoms with Crippen LogP contribution in [-0.4, -0.2) is 22.5 Å². The fourth-order valence-electron chi connectivity index (χ4n) is 2.37. The highest BCUT2D eigenvalue weighted by Gasteiger charge is 2.19. The van der Waals surface area contributed by atoms with E-state index in [1.165, 1.54) is 22.7 Å². The second-order valence-electron chi connectivity index (χ2n) is 4.66. The number of aromatic nitrogens is 2. The molecule has 100 valence electrons. The lowest BCUT2D eigenvalue weighted by Gasteiger charge is -2.28. The number of hydrogen-bond acceptors (Lipinski definition) is 5. The molecule has 0 amide bonds. The third kappa shape index (κ3) is 2.56. The Morgan fingerprint density at radius 1 is 1.37 bits per heavy atom. The molecule has 2 heterocycles. The molecule has 0 spiro atoms. The normalized spacial score (nSPS) is 14.3. The predicted octanol–water partition coefficient (Wildman–Crippen LogP) is 2.81. The molecule has 0 radical (unpaired) electrons. The van der Waals surface area contributed by atoms with Gasteiger partial charge in [-0.15, -0.1) is 0 Å². The van der Waals surface area contributed by atoms with Crippen molar-refractivity contribution in [2.75, 3.05) is 18.1 Å². The Kier molecular flexibility index (Phi) is 3.38. The number of aryl methyl sites for hydroxylation is 1. The zero-order valence-corrected chi connectivity index (χ0v) is 12.0. The highest BCUT2D eigenvalue weighted by molar-refractivity contribution is 7.09. The summed E-state index contributed by atoms with van der Waals surface area (Å²) >= 11 is 1.48. The Hall–Kier alpha value is -1.62. The van der Waals surface area contributed by atoms with E-state index >= 15 is 0 Å². The Morgan fingerprint density at radius 3 is 3.00 bits per heavy atom. The van der Waals surface area contributed by atoms with Crippen molar-refractivity contribution in [3.05, 3.63) is 35.2 Å². The Bertz CT molecular complexity index is 582. The van der Waals surface area contributed by atoms with Crippen LogP contribution in [0.2, 0.25) is 0 Å². The van der Waals surface area contributed by atoms with Crippen molar-refractivity contribution in [1.82, 2.24) is 9.36 Å². The van der Waals surface area contributed by atoms with Gasteiger partial charge in [0.2, 0.25) is 5.13 Å². The van der Waals surface area contributed by atoms with Gasteiger partial charge in [-0.3, -0.25) is 0 Å². The van der Waals surface area contributed by atoms with Gasteiger partial charge in [0.1, 0.15) is 11.6 Å². The number of nitrogens with zero attached hydrogens (tertiary/aromatic N) is 3. The SMILES string of the molecule is CCOc1ccc2c(c1)CN(c1nc(C)ns1)CC2. The summed E-state index contributed by atoms with van der Waals surface area (Å²) < 4.78 is 9.83. The molecule has 0 bridgehead atoms. The number of ether oxygens (including phenoxy) is 1. The number of anilines is 1. The maximum Gasteiger partial charge on any atom is 0.205 e. The van der Waals surface area contributed by atoms with E-state index in [0.717, 1.165) is 36.2 Å². The molecule has 0 unspecified atom stereocenters. The first-order valence-corrected chi connectivity index (χ1v) is 7.33. The minimum Gasteiger partial charge on any atom is -0.494 e. The van der Waals surface area contributed by atoms with Crippen molar-refractivity contribution >= 4 is 16.7 Å². The van der Waals surface area contributed by atoms with Crippen LogP contribution >= 0.6 is 11.5 Å². The standard InChI is InChI=1S/C14H17N3OS/c1-3-18-13-5-4-11-6-7-17(9-12(11)8-13)14-15-10(2)16-19-14/h4-5,8H,3,6-7,9H2,1-2H3. The summed E-state index contributed by atoms with van der Waals surface area (Å²) in [5.74, 6) is 1.81. The lowest BCUT2D eigenvalue weighted by molar-refractivity contribution is 0.339. The van der Waals surface area contributed by atoms with E-state index in [9.17, 15) is 0 Å². The van der Waals surface area contributed by atoms with E-state index in [2.05, 4.69) is 32.5 Å². The van der Waals surface area contributed by atoms with Crippen molar-refractivity contribution in [2.45, 2.75) is 26.8 Å². The molecule has 0 aliphatic carbocycles. The van der Waals surface area contributed by atoms with E-state index < -0.39 is 0 Å². The van der Waals surface area contributed by atoms with Gasteiger partial charge in [0.15, 0.2) is 0 Å². The predicted molar refractivity (Wildman–Crippen MR) is 77.0 cm³/mol. The number of hydrogen-bond donors (Lipinski definition) is 0. The van der Waals surface area contributed by atoms with Gasteiger partial charge in [0.25, 0.3) is 0 Å². The average molecular weight is 275 g/mol. The van der Waals surface area contributed by atoms with Crippen molar-refractivity contribution in [3.8, 4) is 5.75 Å². The van der Waals surface area contributed by atoms with Gasteiger partial charge in [-0.25, -0.2) is 4.98 Å². The zero-order chi connectivity index (χ0) is 13.2. The molecule has 4 nitrogen and oxygen atoms in total. The van der Waals surface area contributed by atoms with Crippen LogP contribution in [0.25, 0.3) is 0 Å². The van der Waals surface area contributed by atoms with Crippen LogP contribution in [0.3, 0.4) is 0 Å². The molecule has 19 heavy (non-hydrogen) atoms. The Morgan fingerprint density at radius 2 is 2.26 bits per heavy atom. The third-order valence-electron chi connectivity index (χ3n) is 3.29. The van der Waals surface area contributed by atoms with Crippen LogP contribution in [0.4, 0.5) is 5.13 Å². The second-order valence-corrected chi connectivity index (χ2v) is 5.39. The lowest BCUT2D eigenvalue weighted by Crippen LogP contribution is -2.30. The van der Waals surface area contributed by atoms with Gasteiger partial charge < -0.3 is 9.64 Å². The lowest BCUT2D eigenvalue weighted by atomic mass is 10.00. The van der Waals surface area contributed by atoms with E-state index in [0.29, 0.717) is 6.61 Å². The van der Waals surface area contributed by atoms with Gasteiger partial charge in [-0.1, -0.05) is 6.07 Å². The van der Waals surface area contributed by atoms with Crippen molar-refractivity contribution in [2.24, 2.45) is 0 Å². The maximum atomic E-state index is 5.57. The van der Waals surface area contributed by atoms with Crippen LogP contribution in [-0.2, 0) is 13.0 Å². The van der Waals surface area contributed by atoms with E-state index in [-0.39, 0.29) is 0 Å². The van der Waals surface area contributed by atoms with Crippen molar-refractivity contribution in [3.63, 3.8) is 0 Å². The number of rotatable bonds is 3. The number of benzene rings is 1. The first-order chi connectivity index (χ1) is 9.26. The highest BCUT2D eigenvalue weighted by Crippen LogP contribution is 2.28. The molecule has 1 aliphatic heterocycles. The second kappa shape index (κ2) is 5.17. The Balaban J connectivity index is 1.83. The summed E-state index contributed by atoms with van der Waals surface area (Å²) in [6.07, 6.45) is 1.06. The fourth-order valence-corrected chi connectivity index (χ4v) is 3.07. The summed E-state index contributed by atoms with van der Waals surface area (Å²) in [6, 6.07) is 6.40. The first-order valence-electron chi connectivity index (χ1n) is 6.56. The zero-order valence-electron chi connectivity index (χ0n) is 11.2. The molecule has 3 rings (SSSR count). The molecule has 1 aromatic carbocycles. The Labute approximate surface area is 117 Å². The van der Waals surface area contributed by atoms with Crippen LogP contribution in [0.5, 0.6) is 5.75 Å². The summed E-state index contributed by atoms with van der Waals surface area (Å²) in [7, 11) is 0. The fraction of sp³-hybridized carbons (Fsp3) is 0.429. The summed E-state index contributed by atoms with van der Waals surface area (Å²) in [4.78, 5) is 6.76. The van der Waals surface area contributed by atoms with Gasteiger partial charge in [0, 0.05) is 24.6 Å². The van der Waals surface area contributed by atoms with E-state index in [1.54, 1.807) is 0 Å². The first kappa shape index (κ1) is 12.4. The minimum atomic E-state index is 0.706. The molecule has 0 saturated heterocycles. The molecular weight excluding hydrogens is 258 g/mol. The summed E-state index contributed by atoms with van der Waals surface area (Å²) in [5.41, 5.74) is 2.76. The molecule has 1 aromatic heterocycles. The molecule has 1 aliphatic rings. The maximum absolute atomic E-state index is 5.57. The molecule has 2 aromatic rings. The van der Waals surface area contributed by atoms with Gasteiger partial charge in [-0.05, 0) is 43.5 Å². The van der Waals surface area contributed by atoms with Gasteiger partial charge in [0.05, 0.1) is 6.61 Å². The molecule has 0 saturated carbocycles. The topological polar surface area (TPSA) is 38.2 Å². The molecular formula is C14H17N3OS. The smallest absolute Gasteiger partial charge is 0.205 e. The van der Waals surface area contributed by atoms with E-state index in [1.807, 2.05) is 13.8 Å². The van der Waals surface area contributed by atoms with Crippen LogP contribution in [0, 0.1) is 6.92 Å². The largest absolute Gasteiger partial charge is 0.494 e. The number of fused-ring (bicyclic) bond motifs is 1. The quantitative estimate of drug-likeness (QED) is 0.863. The van der Waals surface area contributed by atoms with Crippen LogP contribution in [0.15, 0.2) is 18.2 Å². The van der Waals surface area contributed by atoms with Crippen LogP contribution in [0.1, 0.15) is 23.9 Å². The molecule has 5 heteroatoms. The highest BCUT2D eigenvalue weighted by atomic mass is 32.1. The molecule has 0 atom stereocenters. The third-order valence-corrected chi connectivity index (χ3v) is 4.16. The minimum absolute atomic E-state index is 0.706. The average Bonchev–Trinajstić information content (AvgIpc) is 2.85. The summed E-state index contributed by atoms with van der Waals surface area (Å²) in [5, 5.41) is 1.02. The molecule has 0 fully saturated rings. The molecule has 0 N–H and O–H groups in total. The van der Waals surface area contributed by atoms with Crippen molar-refractivity contribution in [1.29, 1.82) is 0 Å². The van der Waals surface area contributed by atoms with Gasteiger partial charge in [-0.2, -0.15) is 4.37 Å².